The molecule has 0 spiro atoms. The largest absolute Gasteiger partial charge is 0.447 e. The smallest absolute Gasteiger partial charge is 0.394 e. The maximum absolute atomic E-state index is 10.8. The predicted molar refractivity (Wildman–Crippen MR) is 53.2 cm³/mol. The van der Waals surface area contributed by atoms with Crippen molar-refractivity contribution in [1.82, 2.24) is 5.23 Å². The normalized spacial score (nSPS) is 14.7. The third-order valence-electron chi connectivity index (χ3n) is 1.94. The van der Waals surface area contributed by atoms with Crippen molar-refractivity contribution in [1.29, 1.82) is 0 Å². The highest BCUT2D eigenvalue weighted by Crippen LogP contribution is 2.09. The number of aliphatic hydroxyl groups is 1. The molecule has 2 atom stereocenters. The van der Waals surface area contributed by atoms with E-state index in [4.69, 9.17) is 4.74 Å². The molecule has 76 valence electrons. The van der Waals surface area contributed by atoms with Crippen molar-refractivity contribution >= 4 is 14.1 Å². The van der Waals surface area contributed by atoms with E-state index >= 15 is 0 Å². The van der Waals surface area contributed by atoms with Gasteiger partial charge >= 0.3 is 6.09 Å². The predicted octanol–water partition coefficient (Wildman–Crippen LogP) is 0.200. The van der Waals surface area contributed by atoms with Crippen LogP contribution in [0.2, 0.25) is 0 Å². The molecule has 2 N–H and O–H groups in total. The van der Waals surface area contributed by atoms with Crippen molar-refractivity contribution in [2.24, 2.45) is 0 Å². The Kier molecular flexibility index (Phi) is 6.41. The average molecular weight is 187 g/mol. The highest BCUT2D eigenvalue weighted by Gasteiger charge is 2.14. The minimum atomic E-state index is -0.435. The minimum Gasteiger partial charge on any atom is -0.447 e. The van der Waals surface area contributed by atoms with Gasteiger partial charge in [0.1, 0.15) is 6.10 Å². The molecule has 1 amide bonds. The third-order valence-corrected chi connectivity index (χ3v) is 1.94. The van der Waals surface area contributed by atoms with Crippen LogP contribution in [0.25, 0.3) is 0 Å². The molecule has 0 radical (unpaired) electrons. The van der Waals surface area contributed by atoms with Crippen LogP contribution in [0.1, 0.15) is 33.1 Å². The molecule has 0 aromatic heterocycles. The zero-order valence-electron chi connectivity index (χ0n) is 8.54. The molecule has 0 aromatic rings. The molecule has 0 aliphatic carbocycles. The van der Waals surface area contributed by atoms with Crippen LogP contribution in [0.5, 0.6) is 0 Å². The number of carbonyl (C=O) groups excluding carboxylic acids is 1. The first-order chi connectivity index (χ1) is 6.13. The van der Waals surface area contributed by atoms with Gasteiger partial charge in [-0.05, 0) is 12.8 Å². The number of hydrogen-bond donors (Lipinski definition) is 2. The number of nitrogens with one attached hydrogen (secondary N) is 1. The molecule has 0 rings (SSSR count). The molecule has 0 saturated carbocycles. The monoisotopic (exact) mass is 187 g/mol. The quantitative estimate of drug-likeness (QED) is 0.604. The molecule has 0 aliphatic heterocycles. The zero-order valence-corrected chi connectivity index (χ0v) is 8.54. The van der Waals surface area contributed by atoms with Gasteiger partial charge in [0.15, 0.2) is 0 Å². The van der Waals surface area contributed by atoms with Gasteiger partial charge in [-0.3, -0.25) is 0 Å². The lowest BCUT2D eigenvalue weighted by atomic mass is 10.1. The number of amides is 1. The maximum atomic E-state index is 10.8. The summed E-state index contributed by atoms with van der Waals surface area (Å²) in [6.45, 7) is 3.83. The lowest BCUT2D eigenvalue weighted by molar-refractivity contribution is 0.0536. The summed E-state index contributed by atoms with van der Waals surface area (Å²) < 4.78 is 5.01. The summed E-state index contributed by atoms with van der Waals surface area (Å²) in [6, 6.07) is 0. The molecule has 0 aromatic carbocycles. The van der Waals surface area contributed by atoms with Crippen LogP contribution in [-0.4, -0.2) is 31.4 Å². The van der Waals surface area contributed by atoms with E-state index in [1.165, 1.54) is 7.98 Å². The van der Waals surface area contributed by atoms with Crippen LogP contribution < -0.4 is 5.23 Å². The standard InChI is InChI=1S/C8H18BNO3/c1-3-6(11)5-7(4-2)13-8(12)10-9/h6-7,11H,3-5,9H2,1-2H3,(H,10,12). The van der Waals surface area contributed by atoms with E-state index in [0.29, 0.717) is 12.8 Å². The van der Waals surface area contributed by atoms with Crippen LogP contribution in [-0.2, 0) is 4.74 Å². The van der Waals surface area contributed by atoms with Crippen LogP contribution in [0.3, 0.4) is 0 Å². The van der Waals surface area contributed by atoms with Gasteiger partial charge in [0.2, 0.25) is 7.98 Å². The minimum absolute atomic E-state index is 0.185. The van der Waals surface area contributed by atoms with Gasteiger partial charge in [-0.1, -0.05) is 13.8 Å². The summed E-state index contributed by atoms with van der Waals surface area (Å²) in [6.07, 6.45) is 0.929. The van der Waals surface area contributed by atoms with E-state index in [9.17, 15) is 9.90 Å². The first kappa shape index (κ1) is 12.3. The van der Waals surface area contributed by atoms with Crippen LogP contribution >= 0.6 is 0 Å². The van der Waals surface area contributed by atoms with E-state index < -0.39 is 6.09 Å². The van der Waals surface area contributed by atoms with Gasteiger partial charge in [-0.15, -0.1) is 0 Å². The van der Waals surface area contributed by atoms with E-state index in [0.717, 1.165) is 6.42 Å². The van der Waals surface area contributed by atoms with E-state index in [2.05, 4.69) is 5.23 Å². The SMILES string of the molecule is BNC(=O)OC(CC)CC(O)CC. The van der Waals surface area contributed by atoms with Gasteiger partial charge in [0, 0.05) is 6.42 Å². The first-order valence-corrected chi connectivity index (χ1v) is 4.70. The van der Waals surface area contributed by atoms with Crippen molar-refractivity contribution in [2.45, 2.75) is 45.3 Å². The summed E-state index contributed by atoms with van der Waals surface area (Å²) in [7, 11) is 1.52. The number of hydrogen-bond acceptors (Lipinski definition) is 3. The lowest BCUT2D eigenvalue weighted by Gasteiger charge is -2.18. The van der Waals surface area contributed by atoms with Gasteiger partial charge in [-0.25, -0.2) is 4.79 Å². The van der Waals surface area contributed by atoms with Crippen molar-refractivity contribution < 1.29 is 14.6 Å². The van der Waals surface area contributed by atoms with E-state index in [-0.39, 0.29) is 12.2 Å². The molecular formula is C8H18BNO3. The highest BCUT2D eigenvalue weighted by atomic mass is 16.6. The Morgan fingerprint density at radius 1 is 1.54 bits per heavy atom. The fraction of sp³-hybridized carbons (Fsp3) is 0.875. The molecule has 0 heterocycles. The summed E-state index contributed by atoms with van der Waals surface area (Å²) in [5.41, 5.74) is 0. The van der Waals surface area contributed by atoms with Gasteiger partial charge in [0.05, 0.1) is 6.10 Å². The Hall–Kier alpha value is -0.705. The fourth-order valence-corrected chi connectivity index (χ4v) is 0.979. The third kappa shape index (κ3) is 5.52. The average Bonchev–Trinajstić information content (AvgIpc) is 2.16. The number of ether oxygens (including phenoxy) is 1. The molecular weight excluding hydrogens is 169 g/mol. The molecule has 0 saturated heterocycles. The summed E-state index contributed by atoms with van der Waals surface area (Å²) in [5, 5.41) is 11.7. The molecule has 0 aliphatic rings. The second-order valence-corrected chi connectivity index (χ2v) is 2.98. The fourth-order valence-electron chi connectivity index (χ4n) is 0.979. The number of carbonyl (C=O) groups is 1. The topological polar surface area (TPSA) is 58.6 Å². The Bertz CT molecular complexity index is 154. The maximum Gasteiger partial charge on any atom is 0.394 e. The summed E-state index contributed by atoms with van der Waals surface area (Å²) >= 11 is 0. The Morgan fingerprint density at radius 2 is 2.15 bits per heavy atom. The molecule has 13 heavy (non-hydrogen) atoms. The summed E-state index contributed by atoms with van der Waals surface area (Å²) in [4.78, 5) is 10.8. The van der Waals surface area contributed by atoms with Crippen molar-refractivity contribution in [3.8, 4) is 0 Å². The molecule has 0 bridgehead atoms. The number of rotatable bonds is 5. The van der Waals surface area contributed by atoms with Gasteiger partial charge < -0.3 is 15.1 Å². The molecule has 5 heteroatoms. The van der Waals surface area contributed by atoms with Crippen molar-refractivity contribution in [2.75, 3.05) is 0 Å². The Morgan fingerprint density at radius 3 is 2.54 bits per heavy atom. The first-order valence-electron chi connectivity index (χ1n) is 4.70. The molecule has 0 fully saturated rings. The highest BCUT2D eigenvalue weighted by molar-refractivity contribution is 6.12. The second kappa shape index (κ2) is 6.77. The molecule has 2 unspecified atom stereocenters. The Labute approximate surface area is 80.1 Å². The van der Waals surface area contributed by atoms with Gasteiger partial charge in [-0.2, -0.15) is 0 Å². The van der Waals surface area contributed by atoms with Crippen LogP contribution in [0.15, 0.2) is 0 Å². The van der Waals surface area contributed by atoms with Crippen molar-refractivity contribution in [3.05, 3.63) is 0 Å². The van der Waals surface area contributed by atoms with Crippen LogP contribution in [0, 0.1) is 0 Å². The van der Waals surface area contributed by atoms with Gasteiger partial charge in [0.25, 0.3) is 0 Å². The summed E-state index contributed by atoms with van der Waals surface area (Å²) in [5.74, 6) is 0. The zero-order chi connectivity index (χ0) is 10.3. The lowest BCUT2D eigenvalue weighted by Crippen LogP contribution is -2.29. The molecule has 4 nitrogen and oxygen atoms in total. The number of aliphatic hydroxyl groups excluding tert-OH is 1. The van der Waals surface area contributed by atoms with Crippen LogP contribution in [0.4, 0.5) is 4.79 Å². The Balaban J connectivity index is 3.81. The van der Waals surface area contributed by atoms with E-state index in [1.54, 1.807) is 0 Å². The second-order valence-electron chi connectivity index (χ2n) is 2.98. The van der Waals surface area contributed by atoms with E-state index in [1.807, 2.05) is 13.8 Å². The van der Waals surface area contributed by atoms with Crippen molar-refractivity contribution in [3.63, 3.8) is 0 Å².